The topological polar surface area (TPSA) is 132 Å². The van der Waals surface area contributed by atoms with Crippen LogP contribution in [0.1, 0.15) is 12.5 Å². The maximum absolute atomic E-state index is 11.8. The summed E-state index contributed by atoms with van der Waals surface area (Å²) in [7, 11) is 0. The molecule has 10 nitrogen and oxygen atoms in total. The van der Waals surface area contributed by atoms with Gasteiger partial charge in [-0.1, -0.05) is 30.3 Å². The summed E-state index contributed by atoms with van der Waals surface area (Å²) in [5, 5.41) is 7.11. The van der Waals surface area contributed by atoms with Crippen molar-refractivity contribution in [2.75, 3.05) is 6.61 Å². The monoisotopic (exact) mass is 365 g/mol. The number of hydrogen-bond acceptors (Lipinski definition) is 7. The maximum atomic E-state index is 11.8. The van der Waals surface area contributed by atoms with Crippen molar-refractivity contribution in [1.82, 2.24) is 16.0 Å². The quantitative estimate of drug-likeness (QED) is 0.256. The minimum atomic E-state index is -1.02. The van der Waals surface area contributed by atoms with E-state index in [9.17, 15) is 19.2 Å². The number of benzene rings is 1. The Morgan fingerprint density at radius 1 is 1.27 bits per heavy atom. The molecule has 140 valence electrons. The van der Waals surface area contributed by atoms with Gasteiger partial charge in [-0.3, -0.25) is 9.59 Å². The van der Waals surface area contributed by atoms with Gasteiger partial charge in [0.1, 0.15) is 19.3 Å². The van der Waals surface area contributed by atoms with E-state index in [1.807, 2.05) is 18.2 Å². The van der Waals surface area contributed by atoms with Gasteiger partial charge in [0.15, 0.2) is 6.23 Å². The first kappa shape index (κ1) is 19.0. The Labute approximate surface area is 149 Å². The van der Waals surface area contributed by atoms with Crippen LogP contribution in [-0.4, -0.2) is 49.5 Å². The molecular weight excluding hydrogens is 346 g/mol. The number of alkyl carbamates (subject to hydrolysis) is 1. The molecule has 3 atom stereocenters. The van der Waals surface area contributed by atoms with E-state index in [1.54, 1.807) is 12.1 Å². The van der Waals surface area contributed by atoms with Crippen LogP contribution >= 0.6 is 0 Å². The third-order valence-corrected chi connectivity index (χ3v) is 3.46. The number of β-lactam (4-membered cyclic amide) rings is 1. The summed E-state index contributed by atoms with van der Waals surface area (Å²) >= 11 is 0. The van der Waals surface area contributed by atoms with E-state index < -0.39 is 36.5 Å². The number of rotatable bonds is 8. The molecule has 3 N–H and O–H groups in total. The molecule has 0 saturated carbocycles. The zero-order valence-electron chi connectivity index (χ0n) is 14.0. The minimum absolute atomic E-state index is 0.0656. The third kappa shape index (κ3) is 5.65. The van der Waals surface area contributed by atoms with E-state index in [4.69, 9.17) is 14.2 Å². The standard InChI is InChI=1S/C16H19N3O7/c1-10(17-9-20)26-16(23)25-8-12-13(14(21)18-12)19-15(22)24-7-11-5-3-2-4-6-11/h2-6,9-10,12-13H,7-8H2,1H3,(H,17,20)(H,18,21)(H,19,22). The normalized spacial score (nSPS) is 19.2. The van der Waals surface area contributed by atoms with Gasteiger partial charge < -0.3 is 30.2 Å². The van der Waals surface area contributed by atoms with E-state index >= 15 is 0 Å². The summed E-state index contributed by atoms with van der Waals surface area (Å²) in [6.45, 7) is 1.30. The Morgan fingerprint density at radius 2 is 2.00 bits per heavy atom. The Morgan fingerprint density at radius 3 is 2.65 bits per heavy atom. The highest BCUT2D eigenvalue weighted by Gasteiger charge is 2.41. The van der Waals surface area contributed by atoms with Crippen LogP contribution in [0.5, 0.6) is 0 Å². The summed E-state index contributed by atoms with van der Waals surface area (Å²) in [4.78, 5) is 45.0. The molecule has 26 heavy (non-hydrogen) atoms. The van der Waals surface area contributed by atoms with Crippen LogP contribution in [0.15, 0.2) is 30.3 Å². The number of carbonyl (C=O) groups is 4. The molecule has 3 unspecified atom stereocenters. The lowest BCUT2D eigenvalue weighted by Gasteiger charge is -2.36. The molecule has 1 aliphatic rings. The average molecular weight is 365 g/mol. The van der Waals surface area contributed by atoms with Gasteiger partial charge in [0, 0.05) is 0 Å². The van der Waals surface area contributed by atoms with E-state index in [-0.39, 0.29) is 13.2 Å². The minimum Gasteiger partial charge on any atom is -0.445 e. The van der Waals surface area contributed by atoms with E-state index in [0.717, 1.165) is 5.56 Å². The molecule has 0 spiro atoms. The fraction of sp³-hybridized carbons (Fsp3) is 0.375. The molecule has 1 aromatic rings. The fourth-order valence-electron chi connectivity index (χ4n) is 2.10. The zero-order chi connectivity index (χ0) is 18.9. The highest BCUT2D eigenvalue weighted by molar-refractivity contribution is 5.92. The van der Waals surface area contributed by atoms with Gasteiger partial charge >= 0.3 is 12.2 Å². The molecule has 0 bridgehead atoms. The maximum Gasteiger partial charge on any atom is 0.510 e. The molecule has 0 radical (unpaired) electrons. The molecular formula is C16H19N3O7. The summed E-state index contributed by atoms with van der Waals surface area (Å²) in [6, 6.07) is 7.58. The van der Waals surface area contributed by atoms with Crippen LogP contribution < -0.4 is 16.0 Å². The number of carbonyl (C=O) groups excluding carboxylic acids is 4. The predicted octanol–water partition coefficient (Wildman–Crippen LogP) is 0.0250. The van der Waals surface area contributed by atoms with Gasteiger partial charge in [0.2, 0.25) is 12.3 Å². The molecule has 1 aliphatic heterocycles. The largest absolute Gasteiger partial charge is 0.510 e. The Hall–Kier alpha value is -3.30. The molecule has 0 aliphatic carbocycles. The first-order chi connectivity index (χ1) is 12.5. The van der Waals surface area contributed by atoms with Crippen LogP contribution in [0.3, 0.4) is 0 Å². The van der Waals surface area contributed by atoms with Crippen molar-refractivity contribution < 1.29 is 33.4 Å². The van der Waals surface area contributed by atoms with Gasteiger partial charge in [-0.05, 0) is 12.5 Å². The van der Waals surface area contributed by atoms with Gasteiger partial charge in [0.05, 0.1) is 6.04 Å². The fourth-order valence-corrected chi connectivity index (χ4v) is 2.10. The van der Waals surface area contributed by atoms with Crippen molar-refractivity contribution in [2.45, 2.75) is 31.8 Å². The third-order valence-electron chi connectivity index (χ3n) is 3.46. The highest BCUT2D eigenvalue weighted by Crippen LogP contribution is 2.09. The number of amides is 3. The summed E-state index contributed by atoms with van der Waals surface area (Å²) in [5.41, 5.74) is 0.807. The Balaban J connectivity index is 1.71. The first-order valence-corrected chi connectivity index (χ1v) is 7.80. The van der Waals surface area contributed by atoms with Gasteiger partial charge in [-0.25, -0.2) is 9.59 Å². The van der Waals surface area contributed by atoms with Crippen LogP contribution in [0, 0.1) is 0 Å². The van der Waals surface area contributed by atoms with Crippen molar-refractivity contribution in [3.8, 4) is 0 Å². The van der Waals surface area contributed by atoms with Crippen LogP contribution in [0.25, 0.3) is 0 Å². The van der Waals surface area contributed by atoms with E-state index in [0.29, 0.717) is 6.41 Å². The average Bonchev–Trinajstić information content (AvgIpc) is 2.62. The highest BCUT2D eigenvalue weighted by atomic mass is 16.7. The van der Waals surface area contributed by atoms with E-state index in [1.165, 1.54) is 6.92 Å². The summed E-state index contributed by atoms with van der Waals surface area (Å²) in [5.74, 6) is -0.417. The Bertz CT molecular complexity index is 653. The number of nitrogens with one attached hydrogen (secondary N) is 3. The lowest BCUT2D eigenvalue weighted by atomic mass is 10.0. The SMILES string of the molecule is CC(NC=O)OC(=O)OCC1NC(=O)C1NC(=O)OCc1ccccc1. The summed E-state index contributed by atoms with van der Waals surface area (Å²) < 4.78 is 14.6. The van der Waals surface area contributed by atoms with Crippen LogP contribution in [0.4, 0.5) is 9.59 Å². The van der Waals surface area contributed by atoms with Crippen molar-refractivity contribution in [3.63, 3.8) is 0 Å². The second-order valence-corrected chi connectivity index (χ2v) is 5.40. The molecule has 1 heterocycles. The summed E-state index contributed by atoms with van der Waals surface area (Å²) in [6.07, 6.45) is -2.24. The molecule has 1 aromatic carbocycles. The van der Waals surface area contributed by atoms with Crippen molar-refractivity contribution in [2.24, 2.45) is 0 Å². The zero-order valence-corrected chi connectivity index (χ0v) is 14.0. The lowest BCUT2D eigenvalue weighted by Crippen LogP contribution is -2.70. The molecule has 2 rings (SSSR count). The lowest BCUT2D eigenvalue weighted by molar-refractivity contribution is -0.133. The number of hydrogen-bond donors (Lipinski definition) is 3. The molecule has 0 aromatic heterocycles. The molecule has 1 saturated heterocycles. The smallest absolute Gasteiger partial charge is 0.445 e. The first-order valence-electron chi connectivity index (χ1n) is 7.80. The molecule has 10 heteroatoms. The van der Waals surface area contributed by atoms with Crippen LogP contribution in [-0.2, 0) is 30.4 Å². The van der Waals surface area contributed by atoms with Crippen LogP contribution in [0.2, 0.25) is 0 Å². The molecule has 1 fully saturated rings. The van der Waals surface area contributed by atoms with Crippen molar-refractivity contribution >= 4 is 24.6 Å². The van der Waals surface area contributed by atoms with E-state index in [2.05, 4.69) is 16.0 Å². The number of ether oxygens (including phenoxy) is 3. The second kappa shape index (κ2) is 9.25. The van der Waals surface area contributed by atoms with Crippen molar-refractivity contribution in [3.05, 3.63) is 35.9 Å². The van der Waals surface area contributed by atoms with Gasteiger partial charge in [-0.15, -0.1) is 0 Å². The van der Waals surface area contributed by atoms with Gasteiger partial charge in [-0.2, -0.15) is 0 Å². The molecule has 3 amide bonds. The van der Waals surface area contributed by atoms with Crippen molar-refractivity contribution in [1.29, 1.82) is 0 Å². The second-order valence-electron chi connectivity index (χ2n) is 5.40. The predicted molar refractivity (Wildman–Crippen MR) is 86.6 cm³/mol. The Kier molecular flexibility index (Phi) is 6.77. The van der Waals surface area contributed by atoms with Gasteiger partial charge in [0.25, 0.3) is 0 Å².